The van der Waals surface area contributed by atoms with E-state index in [1.807, 2.05) is 47.4 Å². The third-order valence-corrected chi connectivity index (χ3v) is 8.73. The Kier molecular flexibility index (Phi) is 5.66. The van der Waals surface area contributed by atoms with Crippen LogP contribution in [0.1, 0.15) is 48.0 Å². The third kappa shape index (κ3) is 3.80. The quantitative estimate of drug-likeness (QED) is 0.200. The van der Waals surface area contributed by atoms with Crippen LogP contribution in [0.2, 0.25) is 10.0 Å². The third-order valence-electron chi connectivity index (χ3n) is 6.83. The molecular weight excluding hydrogens is 503 g/mol. The van der Waals surface area contributed by atoms with Crippen LogP contribution in [0.3, 0.4) is 0 Å². The summed E-state index contributed by atoms with van der Waals surface area (Å²) in [6.45, 7) is 6.31. The van der Waals surface area contributed by atoms with E-state index < -0.39 is 10.5 Å². The number of para-hydroxylation sites is 1. The minimum Gasteiger partial charge on any atom is -0.302 e. The number of benzene rings is 3. The van der Waals surface area contributed by atoms with Gasteiger partial charge in [-0.05, 0) is 55.7 Å². The van der Waals surface area contributed by atoms with Crippen molar-refractivity contribution < 1.29 is 9.72 Å². The van der Waals surface area contributed by atoms with Gasteiger partial charge in [0.25, 0.3) is 11.6 Å². The van der Waals surface area contributed by atoms with Crippen molar-refractivity contribution >= 4 is 61.9 Å². The number of fused-ring (bicyclic) bond motifs is 2. The minimum atomic E-state index is -0.550. The maximum atomic E-state index is 14.1. The average Bonchev–Trinajstić information content (AvgIpc) is 3.14. The van der Waals surface area contributed by atoms with Crippen molar-refractivity contribution in [3.63, 3.8) is 0 Å². The van der Waals surface area contributed by atoms with Gasteiger partial charge in [-0.15, -0.1) is 11.3 Å². The molecule has 0 radical (unpaired) electrons. The van der Waals surface area contributed by atoms with Crippen LogP contribution in [0.4, 0.5) is 11.4 Å². The molecule has 1 aliphatic rings. The number of carbonyl (C=O) groups excluding carboxylic acids is 1. The predicted octanol–water partition coefficient (Wildman–Crippen LogP) is 8.25. The van der Waals surface area contributed by atoms with Crippen molar-refractivity contribution in [1.82, 2.24) is 0 Å². The fourth-order valence-corrected chi connectivity index (χ4v) is 6.97. The van der Waals surface area contributed by atoms with E-state index in [0.717, 1.165) is 16.8 Å². The number of nitrogens with zero attached hydrogens (tertiary/aromatic N) is 2. The van der Waals surface area contributed by atoms with Gasteiger partial charge in [-0.3, -0.25) is 14.9 Å². The van der Waals surface area contributed by atoms with Gasteiger partial charge in [0, 0.05) is 43.9 Å². The molecule has 0 aliphatic carbocycles. The molecule has 0 fully saturated rings. The van der Waals surface area contributed by atoms with Gasteiger partial charge in [-0.1, -0.05) is 60.5 Å². The largest absolute Gasteiger partial charge is 0.302 e. The number of rotatable bonds is 3. The van der Waals surface area contributed by atoms with E-state index in [4.69, 9.17) is 23.2 Å². The lowest BCUT2D eigenvalue weighted by Crippen LogP contribution is -2.55. The molecule has 0 saturated carbocycles. The average molecular weight is 525 g/mol. The van der Waals surface area contributed by atoms with Gasteiger partial charge in [0.15, 0.2) is 0 Å². The molecule has 2 heterocycles. The summed E-state index contributed by atoms with van der Waals surface area (Å²) in [5.74, 6) is -0.213. The number of anilines is 1. The Morgan fingerprint density at radius 1 is 1.03 bits per heavy atom. The second-order valence-electron chi connectivity index (χ2n) is 9.67. The molecule has 3 aromatic carbocycles. The molecule has 5 nitrogen and oxygen atoms in total. The highest BCUT2D eigenvalue weighted by Crippen LogP contribution is 2.51. The van der Waals surface area contributed by atoms with Gasteiger partial charge >= 0.3 is 0 Å². The van der Waals surface area contributed by atoms with Crippen LogP contribution in [-0.4, -0.2) is 16.4 Å². The minimum absolute atomic E-state index is 0.0307. The number of amides is 1. The summed E-state index contributed by atoms with van der Waals surface area (Å²) in [6, 6.07) is 20.3. The van der Waals surface area contributed by atoms with E-state index in [2.05, 4.69) is 26.8 Å². The first-order valence-corrected chi connectivity index (χ1v) is 12.7. The van der Waals surface area contributed by atoms with E-state index in [9.17, 15) is 14.9 Å². The summed E-state index contributed by atoms with van der Waals surface area (Å²) in [5.41, 5.74) is 2.07. The fourth-order valence-electron chi connectivity index (χ4n) is 5.37. The number of hydrogen-bond donors (Lipinski definition) is 0. The molecule has 0 bridgehead atoms. The molecule has 0 N–H and O–H groups in total. The van der Waals surface area contributed by atoms with E-state index in [0.29, 0.717) is 31.4 Å². The summed E-state index contributed by atoms with van der Waals surface area (Å²) in [5, 5.41) is 12.9. The van der Waals surface area contributed by atoms with E-state index in [1.54, 1.807) is 6.07 Å². The van der Waals surface area contributed by atoms with Crippen LogP contribution in [0.5, 0.6) is 0 Å². The predicted molar refractivity (Wildman–Crippen MR) is 143 cm³/mol. The van der Waals surface area contributed by atoms with Crippen molar-refractivity contribution in [1.29, 1.82) is 0 Å². The molecule has 178 valence electrons. The lowest BCUT2D eigenvalue weighted by atomic mass is 9.65. The molecule has 0 saturated heterocycles. The Bertz CT molecular complexity index is 1500. The Labute approximate surface area is 217 Å². The van der Waals surface area contributed by atoms with Crippen LogP contribution in [0, 0.1) is 10.1 Å². The Morgan fingerprint density at radius 2 is 1.71 bits per heavy atom. The van der Waals surface area contributed by atoms with Crippen molar-refractivity contribution in [2.75, 3.05) is 4.90 Å². The fraction of sp³-hybridized carbons (Fsp3) is 0.222. The Hall–Kier alpha value is -2.93. The lowest BCUT2D eigenvalue weighted by Gasteiger charge is -2.51. The second-order valence-corrected chi connectivity index (χ2v) is 11.5. The van der Waals surface area contributed by atoms with Crippen molar-refractivity contribution in [3.05, 3.63) is 103 Å². The number of halogens is 2. The Morgan fingerprint density at radius 3 is 2.40 bits per heavy atom. The summed E-state index contributed by atoms with van der Waals surface area (Å²) in [6.07, 6.45) is 0.679. The highest BCUT2D eigenvalue weighted by Gasteiger charge is 2.48. The number of thiophene rings is 1. The number of non-ortho nitro benzene ring substituents is 1. The lowest BCUT2D eigenvalue weighted by molar-refractivity contribution is -0.384. The molecule has 1 atom stereocenters. The first-order chi connectivity index (χ1) is 16.5. The topological polar surface area (TPSA) is 63.5 Å². The summed E-state index contributed by atoms with van der Waals surface area (Å²) in [4.78, 5) is 27.1. The monoisotopic (exact) mass is 524 g/mol. The molecule has 35 heavy (non-hydrogen) atoms. The van der Waals surface area contributed by atoms with Gasteiger partial charge in [0.2, 0.25) is 0 Å². The standard InChI is InChI=1S/C27H22Cl2N2O3S/c1-26(2)15-27(3,16-8-10-17(28)11-9-16)20-6-4-5-7-21(20)30(26)25(32)24-23(29)19-13-12-18(31(33)34)14-22(19)35-24/h4-14H,15H2,1-3H3/t27-/m0/s1. The summed E-state index contributed by atoms with van der Waals surface area (Å²) < 4.78 is 0.613. The number of nitro benzene ring substituents is 1. The zero-order valence-electron chi connectivity index (χ0n) is 19.3. The zero-order valence-corrected chi connectivity index (χ0v) is 21.7. The molecule has 1 amide bonds. The molecule has 5 rings (SSSR count). The number of nitro groups is 1. The zero-order chi connectivity index (χ0) is 25.1. The molecule has 4 aromatic rings. The summed E-state index contributed by atoms with van der Waals surface area (Å²) >= 11 is 14.0. The van der Waals surface area contributed by atoms with Gasteiger partial charge < -0.3 is 4.90 Å². The molecule has 0 spiro atoms. The first-order valence-electron chi connectivity index (χ1n) is 11.1. The van der Waals surface area contributed by atoms with Crippen molar-refractivity contribution in [2.24, 2.45) is 0 Å². The molecule has 8 heteroatoms. The molecular formula is C27H22Cl2N2O3S. The maximum Gasteiger partial charge on any atom is 0.270 e. The van der Waals surface area contributed by atoms with Gasteiger partial charge in [0.1, 0.15) is 4.88 Å². The maximum absolute atomic E-state index is 14.1. The smallest absolute Gasteiger partial charge is 0.270 e. The Balaban J connectivity index is 1.66. The highest BCUT2D eigenvalue weighted by atomic mass is 35.5. The van der Waals surface area contributed by atoms with Crippen molar-refractivity contribution in [3.8, 4) is 0 Å². The van der Waals surface area contributed by atoms with Gasteiger partial charge in [-0.25, -0.2) is 0 Å². The molecule has 1 aliphatic heterocycles. The van der Waals surface area contributed by atoms with Crippen molar-refractivity contribution in [2.45, 2.75) is 38.1 Å². The number of carbonyl (C=O) groups is 1. The van der Waals surface area contributed by atoms with E-state index in [1.165, 1.54) is 23.5 Å². The van der Waals surface area contributed by atoms with E-state index in [-0.39, 0.29) is 17.0 Å². The highest BCUT2D eigenvalue weighted by molar-refractivity contribution is 7.21. The molecule has 1 aromatic heterocycles. The van der Waals surface area contributed by atoms with Crippen LogP contribution < -0.4 is 4.90 Å². The SMILES string of the molecule is CC1(C)C[C@@](C)(c2ccc(Cl)cc2)c2ccccc2N1C(=O)c1sc2cc([N+](=O)[O-])ccc2c1Cl. The van der Waals surface area contributed by atoms with Gasteiger partial charge in [0.05, 0.1) is 9.95 Å². The number of hydrogen-bond acceptors (Lipinski definition) is 4. The molecule has 0 unspecified atom stereocenters. The summed E-state index contributed by atoms with van der Waals surface area (Å²) in [7, 11) is 0. The van der Waals surface area contributed by atoms with Crippen LogP contribution >= 0.6 is 34.5 Å². The van der Waals surface area contributed by atoms with Crippen LogP contribution in [-0.2, 0) is 5.41 Å². The van der Waals surface area contributed by atoms with E-state index >= 15 is 0 Å². The second kappa shape index (κ2) is 8.33. The first kappa shape index (κ1) is 23.8. The normalized spacial score (nSPS) is 18.9. The van der Waals surface area contributed by atoms with Crippen LogP contribution in [0.25, 0.3) is 10.1 Å². The van der Waals surface area contributed by atoms with Gasteiger partial charge in [-0.2, -0.15) is 0 Å². The van der Waals surface area contributed by atoms with Crippen LogP contribution in [0.15, 0.2) is 66.7 Å².